The Bertz CT molecular complexity index is 434. The number of hydrogen-bond acceptors (Lipinski definition) is 3. The Morgan fingerprint density at radius 3 is 2.86 bits per heavy atom. The molecule has 1 saturated heterocycles. The maximum Gasteiger partial charge on any atom is 0.226 e. The molecule has 116 valence electrons. The Kier molecular flexibility index (Phi) is 6.05. The summed E-state index contributed by atoms with van der Waals surface area (Å²) >= 11 is 0. The first kappa shape index (κ1) is 15.8. The zero-order valence-electron chi connectivity index (χ0n) is 13.0. The van der Waals surface area contributed by atoms with Crippen LogP contribution in [0.3, 0.4) is 0 Å². The van der Waals surface area contributed by atoms with E-state index in [1.54, 1.807) is 0 Å². The molecule has 0 aromatic heterocycles. The van der Waals surface area contributed by atoms with Gasteiger partial charge in [-0.25, -0.2) is 0 Å². The van der Waals surface area contributed by atoms with Crippen LogP contribution in [0, 0.1) is 5.92 Å². The highest BCUT2D eigenvalue weighted by Crippen LogP contribution is 2.15. The van der Waals surface area contributed by atoms with Gasteiger partial charge in [0, 0.05) is 25.7 Å². The zero-order valence-corrected chi connectivity index (χ0v) is 13.0. The number of rotatable bonds is 6. The second-order valence-electron chi connectivity index (χ2n) is 5.99. The van der Waals surface area contributed by atoms with Gasteiger partial charge in [-0.2, -0.15) is 0 Å². The molecule has 0 radical (unpaired) electrons. The second-order valence-corrected chi connectivity index (χ2v) is 5.99. The lowest BCUT2D eigenvalue weighted by molar-refractivity contribution is -0.135. The SMILES string of the molecule is CC(C)CC1CNCCN1C(=O)CCOc1ccccc1. The van der Waals surface area contributed by atoms with E-state index in [2.05, 4.69) is 19.2 Å². The number of amides is 1. The third-order valence-electron chi connectivity index (χ3n) is 3.74. The van der Waals surface area contributed by atoms with E-state index in [9.17, 15) is 4.79 Å². The molecule has 1 amide bonds. The van der Waals surface area contributed by atoms with Gasteiger partial charge in [-0.15, -0.1) is 0 Å². The summed E-state index contributed by atoms with van der Waals surface area (Å²) < 4.78 is 5.62. The van der Waals surface area contributed by atoms with E-state index < -0.39 is 0 Å². The van der Waals surface area contributed by atoms with Crippen molar-refractivity contribution >= 4 is 5.91 Å². The van der Waals surface area contributed by atoms with E-state index in [1.807, 2.05) is 35.2 Å². The number of carbonyl (C=O) groups is 1. The number of piperazine rings is 1. The lowest BCUT2D eigenvalue weighted by Gasteiger charge is -2.37. The van der Waals surface area contributed by atoms with Crippen LogP contribution in [0.1, 0.15) is 26.7 Å². The summed E-state index contributed by atoms with van der Waals surface area (Å²) in [6.45, 7) is 7.46. The van der Waals surface area contributed by atoms with Crippen LogP contribution < -0.4 is 10.1 Å². The Labute approximate surface area is 127 Å². The molecule has 0 spiro atoms. The number of carbonyl (C=O) groups excluding carboxylic acids is 1. The minimum Gasteiger partial charge on any atom is -0.493 e. The molecule has 1 N–H and O–H groups in total. The molecule has 1 aromatic carbocycles. The van der Waals surface area contributed by atoms with E-state index in [1.165, 1.54) is 0 Å². The van der Waals surface area contributed by atoms with Crippen molar-refractivity contribution in [3.8, 4) is 5.75 Å². The van der Waals surface area contributed by atoms with E-state index in [0.29, 0.717) is 25.0 Å². The van der Waals surface area contributed by atoms with Gasteiger partial charge in [0.05, 0.1) is 13.0 Å². The van der Waals surface area contributed by atoms with E-state index >= 15 is 0 Å². The van der Waals surface area contributed by atoms with Crippen molar-refractivity contribution in [2.24, 2.45) is 5.92 Å². The highest BCUT2D eigenvalue weighted by molar-refractivity contribution is 5.76. The average molecular weight is 290 g/mol. The third-order valence-corrected chi connectivity index (χ3v) is 3.74. The Balaban J connectivity index is 1.80. The maximum atomic E-state index is 12.4. The summed E-state index contributed by atoms with van der Waals surface area (Å²) in [5.74, 6) is 1.63. The van der Waals surface area contributed by atoms with Crippen molar-refractivity contribution in [1.29, 1.82) is 0 Å². The molecule has 1 aliphatic rings. The molecule has 1 heterocycles. The standard InChI is InChI=1S/C17H26N2O2/c1-14(2)12-15-13-18-9-10-19(15)17(20)8-11-21-16-6-4-3-5-7-16/h3-7,14-15,18H,8-13H2,1-2H3. The van der Waals surface area contributed by atoms with Gasteiger partial charge in [-0.1, -0.05) is 32.0 Å². The van der Waals surface area contributed by atoms with Gasteiger partial charge in [0.25, 0.3) is 0 Å². The second kappa shape index (κ2) is 8.03. The largest absolute Gasteiger partial charge is 0.493 e. The van der Waals surface area contributed by atoms with Gasteiger partial charge in [-0.3, -0.25) is 4.79 Å². The van der Waals surface area contributed by atoms with Crippen LogP contribution in [0.25, 0.3) is 0 Å². The van der Waals surface area contributed by atoms with Crippen molar-refractivity contribution in [3.05, 3.63) is 30.3 Å². The third kappa shape index (κ3) is 5.05. The van der Waals surface area contributed by atoms with Crippen LogP contribution in [0.2, 0.25) is 0 Å². The normalized spacial score (nSPS) is 18.8. The monoisotopic (exact) mass is 290 g/mol. The van der Waals surface area contributed by atoms with E-state index in [-0.39, 0.29) is 5.91 Å². The fourth-order valence-corrected chi connectivity index (χ4v) is 2.76. The molecule has 1 unspecified atom stereocenters. The highest BCUT2D eigenvalue weighted by atomic mass is 16.5. The predicted octanol–water partition coefficient (Wildman–Crippen LogP) is 2.30. The molecular weight excluding hydrogens is 264 g/mol. The molecule has 0 saturated carbocycles. The van der Waals surface area contributed by atoms with Crippen LogP contribution in [-0.4, -0.2) is 43.1 Å². The first-order valence-corrected chi connectivity index (χ1v) is 7.85. The van der Waals surface area contributed by atoms with E-state index in [0.717, 1.165) is 31.8 Å². The molecule has 1 aliphatic heterocycles. The number of hydrogen-bond donors (Lipinski definition) is 1. The Hall–Kier alpha value is -1.55. The fourth-order valence-electron chi connectivity index (χ4n) is 2.76. The molecular formula is C17H26N2O2. The average Bonchev–Trinajstić information content (AvgIpc) is 2.48. The molecule has 1 atom stereocenters. The van der Waals surface area contributed by atoms with Crippen molar-refractivity contribution in [2.75, 3.05) is 26.2 Å². The van der Waals surface area contributed by atoms with Crippen molar-refractivity contribution in [3.63, 3.8) is 0 Å². The number of nitrogens with zero attached hydrogens (tertiary/aromatic N) is 1. The lowest BCUT2D eigenvalue weighted by atomic mass is 10.0. The Morgan fingerprint density at radius 1 is 1.38 bits per heavy atom. The summed E-state index contributed by atoms with van der Waals surface area (Å²) in [5.41, 5.74) is 0. The van der Waals surface area contributed by atoms with E-state index in [4.69, 9.17) is 4.74 Å². The van der Waals surface area contributed by atoms with Gasteiger partial charge in [0.2, 0.25) is 5.91 Å². The van der Waals surface area contributed by atoms with Gasteiger partial charge in [0.1, 0.15) is 5.75 Å². The summed E-state index contributed by atoms with van der Waals surface area (Å²) in [5, 5.41) is 3.38. The van der Waals surface area contributed by atoms with Gasteiger partial charge in [0.15, 0.2) is 0 Å². The zero-order chi connectivity index (χ0) is 15.1. The first-order valence-electron chi connectivity index (χ1n) is 7.85. The molecule has 4 heteroatoms. The Morgan fingerprint density at radius 2 is 2.14 bits per heavy atom. The summed E-state index contributed by atoms with van der Waals surface area (Å²) in [7, 11) is 0. The number of para-hydroxylation sites is 1. The van der Waals surface area contributed by atoms with Gasteiger partial charge < -0.3 is 15.0 Å². The summed E-state index contributed by atoms with van der Waals surface area (Å²) in [4.78, 5) is 14.4. The minimum absolute atomic E-state index is 0.207. The summed E-state index contributed by atoms with van der Waals surface area (Å²) in [6.07, 6.45) is 1.50. The minimum atomic E-state index is 0.207. The molecule has 1 aromatic rings. The van der Waals surface area contributed by atoms with Crippen LogP contribution in [0.15, 0.2) is 30.3 Å². The number of nitrogens with one attached hydrogen (secondary N) is 1. The molecule has 0 bridgehead atoms. The quantitative estimate of drug-likeness (QED) is 0.874. The predicted molar refractivity (Wildman–Crippen MR) is 84.4 cm³/mol. The topological polar surface area (TPSA) is 41.6 Å². The van der Waals surface area contributed by atoms with Crippen LogP contribution in [0.5, 0.6) is 5.75 Å². The van der Waals surface area contributed by atoms with Gasteiger partial charge >= 0.3 is 0 Å². The van der Waals surface area contributed by atoms with Crippen LogP contribution in [0.4, 0.5) is 0 Å². The maximum absolute atomic E-state index is 12.4. The first-order chi connectivity index (χ1) is 10.2. The highest BCUT2D eigenvalue weighted by Gasteiger charge is 2.26. The molecule has 4 nitrogen and oxygen atoms in total. The molecule has 0 aliphatic carbocycles. The lowest BCUT2D eigenvalue weighted by Crippen LogP contribution is -2.54. The van der Waals surface area contributed by atoms with Gasteiger partial charge in [-0.05, 0) is 24.5 Å². The fraction of sp³-hybridized carbons (Fsp3) is 0.588. The smallest absolute Gasteiger partial charge is 0.226 e. The molecule has 21 heavy (non-hydrogen) atoms. The summed E-state index contributed by atoms with van der Waals surface area (Å²) in [6, 6.07) is 9.98. The van der Waals surface area contributed by atoms with Crippen molar-refractivity contribution in [1.82, 2.24) is 10.2 Å². The number of ether oxygens (including phenoxy) is 1. The molecule has 1 fully saturated rings. The van der Waals surface area contributed by atoms with Crippen LogP contribution in [-0.2, 0) is 4.79 Å². The van der Waals surface area contributed by atoms with Crippen molar-refractivity contribution < 1.29 is 9.53 Å². The van der Waals surface area contributed by atoms with Crippen LogP contribution >= 0.6 is 0 Å². The molecule has 2 rings (SSSR count). The number of benzene rings is 1. The van der Waals surface area contributed by atoms with Crippen molar-refractivity contribution in [2.45, 2.75) is 32.7 Å².